The van der Waals surface area contributed by atoms with Crippen molar-refractivity contribution < 1.29 is 9.59 Å². The molecule has 2 amide bonds. The quantitative estimate of drug-likeness (QED) is 0.915. The van der Waals surface area contributed by atoms with E-state index >= 15 is 0 Å². The molecular weight excluding hydrogens is 268 g/mol. The van der Waals surface area contributed by atoms with Gasteiger partial charge in [-0.05, 0) is 25.7 Å². The lowest BCUT2D eigenvalue weighted by molar-refractivity contribution is -0.141. The van der Waals surface area contributed by atoms with Crippen molar-refractivity contribution >= 4 is 17.8 Å². The average molecular weight is 290 g/mol. The van der Waals surface area contributed by atoms with Gasteiger partial charge in [-0.15, -0.1) is 0 Å². The van der Waals surface area contributed by atoms with Gasteiger partial charge in [-0.25, -0.2) is 4.98 Å². The number of likely N-dealkylation sites (tertiary alicyclic amines) is 1. The molecule has 0 radical (unpaired) electrons. The molecule has 1 N–H and O–H groups in total. The van der Waals surface area contributed by atoms with Crippen LogP contribution in [0.5, 0.6) is 0 Å². The first-order valence-electron chi connectivity index (χ1n) is 7.72. The summed E-state index contributed by atoms with van der Waals surface area (Å²) >= 11 is 0. The van der Waals surface area contributed by atoms with E-state index < -0.39 is 0 Å². The maximum atomic E-state index is 12.3. The Morgan fingerprint density at radius 2 is 2.00 bits per heavy atom. The highest BCUT2D eigenvalue weighted by atomic mass is 16.2. The van der Waals surface area contributed by atoms with Crippen molar-refractivity contribution in [2.75, 3.05) is 18.4 Å². The molecular formula is C15H22N4O2. The molecule has 1 aliphatic carbocycles. The van der Waals surface area contributed by atoms with Crippen molar-refractivity contribution in [3.63, 3.8) is 0 Å². The van der Waals surface area contributed by atoms with Crippen molar-refractivity contribution in [3.05, 3.63) is 12.4 Å². The Morgan fingerprint density at radius 1 is 1.24 bits per heavy atom. The fourth-order valence-electron chi connectivity index (χ4n) is 3.00. The minimum atomic E-state index is -0.125. The first-order valence-corrected chi connectivity index (χ1v) is 7.72. The van der Waals surface area contributed by atoms with E-state index in [1.165, 1.54) is 0 Å². The number of nitrogens with zero attached hydrogens (tertiary/aromatic N) is 3. The largest absolute Gasteiger partial charge is 0.342 e. The Bertz CT molecular complexity index is 536. The monoisotopic (exact) mass is 290 g/mol. The Balaban J connectivity index is 1.58. The van der Waals surface area contributed by atoms with Crippen LogP contribution >= 0.6 is 0 Å². The number of carbonyl (C=O) groups excluding carboxylic acids is 2. The fraction of sp³-hybridized carbons (Fsp3) is 0.667. The summed E-state index contributed by atoms with van der Waals surface area (Å²) in [5, 5.41) is 2.85. The summed E-state index contributed by atoms with van der Waals surface area (Å²) in [7, 11) is 1.84. The van der Waals surface area contributed by atoms with Crippen molar-refractivity contribution in [2.45, 2.75) is 32.1 Å². The van der Waals surface area contributed by atoms with Crippen LogP contribution in [0.3, 0.4) is 0 Å². The molecule has 1 aromatic heterocycles. The second-order valence-corrected chi connectivity index (χ2v) is 6.10. The van der Waals surface area contributed by atoms with E-state index in [0.29, 0.717) is 12.5 Å². The molecule has 21 heavy (non-hydrogen) atoms. The number of aryl methyl sites for hydroxylation is 1. The predicted octanol–water partition coefficient (Wildman–Crippen LogP) is 1.40. The van der Waals surface area contributed by atoms with Gasteiger partial charge in [0, 0.05) is 38.4 Å². The van der Waals surface area contributed by atoms with Gasteiger partial charge in [0.05, 0.1) is 5.92 Å². The molecule has 2 aliphatic rings. The molecule has 0 bridgehead atoms. The highest BCUT2D eigenvalue weighted by Crippen LogP contribution is 2.30. The number of anilines is 1. The van der Waals surface area contributed by atoms with Crippen LogP contribution in [-0.4, -0.2) is 39.4 Å². The molecule has 3 rings (SSSR count). The van der Waals surface area contributed by atoms with E-state index in [1.807, 2.05) is 11.9 Å². The third kappa shape index (κ3) is 2.94. The molecule has 114 valence electrons. The highest BCUT2D eigenvalue weighted by molar-refractivity contribution is 5.92. The van der Waals surface area contributed by atoms with Gasteiger partial charge < -0.3 is 9.47 Å². The SMILES string of the molecule is Cn1ccnc1NC(=O)C1CCCN(C(=O)C2CCC2)C1. The fourth-order valence-corrected chi connectivity index (χ4v) is 3.00. The van der Waals surface area contributed by atoms with Crippen LogP contribution in [0.4, 0.5) is 5.95 Å². The second-order valence-electron chi connectivity index (χ2n) is 6.10. The first-order chi connectivity index (χ1) is 10.1. The number of rotatable bonds is 3. The number of amides is 2. The van der Waals surface area contributed by atoms with Gasteiger partial charge in [-0.2, -0.15) is 0 Å². The first kappa shape index (κ1) is 14.1. The normalized spacial score (nSPS) is 22.7. The van der Waals surface area contributed by atoms with E-state index in [4.69, 9.17) is 0 Å². The smallest absolute Gasteiger partial charge is 0.231 e. The number of aromatic nitrogens is 2. The van der Waals surface area contributed by atoms with Gasteiger partial charge in [-0.1, -0.05) is 6.42 Å². The van der Waals surface area contributed by atoms with E-state index in [1.54, 1.807) is 17.0 Å². The van der Waals surface area contributed by atoms with Crippen LogP contribution in [0.25, 0.3) is 0 Å². The lowest BCUT2D eigenvalue weighted by atomic mass is 9.83. The lowest BCUT2D eigenvalue weighted by Gasteiger charge is -2.36. The second kappa shape index (κ2) is 5.87. The topological polar surface area (TPSA) is 67.2 Å². The highest BCUT2D eigenvalue weighted by Gasteiger charge is 2.34. The number of nitrogens with one attached hydrogen (secondary N) is 1. The maximum absolute atomic E-state index is 12.3. The summed E-state index contributed by atoms with van der Waals surface area (Å²) in [5.74, 6) is 0.856. The van der Waals surface area contributed by atoms with Crippen LogP contribution in [0, 0.1) is 11.8 Å². The Morgan fingerprint density at radius 3 is 2.62 bits per heavy atom. The van der Waals surface area contributed by atoms with Crippen molar-refractivity contribution in [2.24, 2.45) is 18.9 Å². The van der Waals surface area contributed by atoms with Crippen LogP contribution < -0.4 is 5.32 Å². The van der Waals surface area contributed by atoms with Crippen molar-refractivity contribution in [1.82, 2.24) is 14.5 Å². The van der Waals surface area contributed by atoms with E-state index in [9.17, 15) is 9.59 Å². The minimum absolute atomic E-state index is 0.0320. The number of hydrogen-bond donors (Lipinski definition) is 1. The number of imidazole rings is 1. The summed E-state index contributed by atoms with van der Waals surface area (Å²) in [6, 6.07) is 0. The van der Waals surface area contributed by atoms with Crippen molar-refractivity contribution in [3.8, 4) is 0 Å². The standard InChI is InChI=1S/C15H22N4O2/c1-18-9-7-16-15(18)17-13(20)12-6-3-8-19(10-12)14(21)11-4-2-5-11/h7,9,11-12H,2-6,8,10H2,1H3,(H,16,17,20). The van der Waals surface area contributed by atoms with Crippen LogP contribution in [-0.2, 0) is 16.6 Å². The van der Waals surface area contributed by atoms with Gasteiger partial charge in [0.15, 0.2) is 0 Å². The summed E-state index contributed by atoms with van der Waals surface area (Å²) in [5.41, 5.74) is 0. The van der Waals surface area contributed by atoms with Crippen molar-refractivity contribution in [1.29, 1.82) is 0 Å². The zero-order chi connectivity index (χ0) is 14.8. The molecule has 2 fully saturated rings. The van der Waals surface area contributed by atoms with E-state index in [-0.39, 0.29) is 23.7 Å². The number of hydrogen-bond acceptors (Lipinski definition) is 3. The molecule has 1 unspecified atom stereocenters. The molecule has 1 aromatic rings. The zero-order valence-corrected chi connectivity index (χ0v) is 12.4. The van der Waals surface area contributed by atoms with Gasteiger partial charge in [0.25, 0.3) is 0 Å². The predicted molar refractivity (Wildman–Crippen MR) is 78.5 cm³/mol. The Kier molecular flexibility index (Phi) is 3.94. The maximum Gasteiger partial charge on any atom is 0.231 e. The van der Waals surface area contributed by atoms with E-state index in [0.717, 1.165) is 38.6 Å². The third-order valence-electron chi connectivity index (χ3n) is 4.61. The summed E-state index contributed by atoms with van der Waals surface area (Å²) in [4.78, 5) is 30.6. The molecule has 0 aromatic carbocycles. The number of carbonyl (C=O) groups is 2. The van der Waals surface area contributed by atoms with Gasteiger partial charge >= 0.3 is 0 Å². The molecule has 0 spiro atoms. The molecule has 6 heteroatoms. The molecule has 2 heterocycles. The van der Waals surface area contributed by atoms with Gasteiger partial charge in [0.1, 0.15) is 0 Å². The molecule has 1 saturated heterocycles. The molecule has 1 aliphatic heterocycles. The van der Waals surface area contributed by atoms with Crippen LogP contribution in [0.1, 0.15) is 32.1 Å². The minimum Gasteiger partial charge on any atom is -0.342 e. The summed E-state index contributed by atoms with van der Waals surface area (Å²) < 4.78 is 1.78. The Labute approximate surface area is 124 Å². The van der Waals surface area contributed by atoms with Crippen LogP contribution in [0.15, 0.2) is 12.4 Å². The zero-order valence-electron chi connectivity index (χ0n) is 12.4. The Hall–Kier alpha value is -1.85. The van der Waals surface area contributed by atoms with Gasteiger partial charge in [-0.3, -0.25) is 14.9 Å². The molecule has 6 nitrogen and oxygen atoms in total. The van der Waals surface area contributed by atoms with E-state index in [2.05, 4.69) is 10.3 Å². The molecule has 1 saturated carbocycles. The third-order valence-corrected chi connectivity index (χ3v) is 4.61. The van der Waals surface area contributed by atoms with Crippen LogP contribution in [0.2, 0.25) is 0 Å². The number of piperidine rings is 1. The summed E-state index contributed by atoms with van der Waals surface area (Å²) in [6.45, 7) is 1.34. The molecule has 1 atom stereocenters. The van der Waals surface area contributed by atoms with Gasteiger partial charge in [0.2, 0.25) is 17.8 Å². The lowest BCUT2D eigenvalue weighted by Crippen LogP contribution is -2.47. The average Bonchev–Trinajstić information content (AvgIpc) is 2.82. The summed E-state index contributed by atoms with van der Waals surface area (Å²) in [6.07, 6.45) is 8.37.